The summed E-state index contributed by atoms with van der Waals surface area (Å²) in [5.74, 6) is -1.15. The fraction of sp³-hybridized carbons (Fsp3) is 0.556. The van der Waals surface area contributed by atoms with Gasteiger partial charge in [0.05, 0.1) is 4.90 Å². The molecule has 1 fully saturated rings. The second kappa shape index (κ2) is 6.78. The number of benzene rings is 1. The van der Waals surface area contributed by atoms with Crippen LogP contribution in [0.15, 0.2) is 17.0 Å². The van der Waals surface area contributed by atoms with Crippen molar-refractivity contribution in [2.45, 2.75) is 56.9 Å². The molecule has 7 heteroatoms. The molecule has 25 heavy (non-hydrogen) atoms. The van der Waals surface area contributed by atoms with Crippen LogP contribution in [0, 0.1) is 19.8 Å². The summed E-state index contributed by atoms with van der Waals surface area (Å²) in [5, 5.41) is 12.4. The third-order valence-electron chi connectivity index (χ3n) is 5.20. The molecule has 0 radical (unpaired) electrons. The van der Waals surface area contributed by atoms with Crippen LogP contribution >= 0.6 is 0 Å². The molecule has 1 aliphatic rings. The Kier molecular flexibility index (Phi) is 5.27. The summed E-state index contributed by atoms with van der Waals surface area (Å²) in [6.07, 6.45) is 3.29. The molecule has 0 heterocycles. The first-order valence-electron chi connectivity index (χ1n) is 8.33. The van der Waals surface area contributed by atoms with Crippen molar-refractivity contribution in [1.82, 2.24) is 5.32 Å². The van der Waals surface area contributed by atoms with Crippen molar-refractivity contribution in [2.75, 3.05) is 6.26 Å². The summed E-state index contributed by atoms with van der Waals surface area (Å²) >= 11 is 0. The van der Waals surface area contributed by atoms with Gasteiger partial charge in [0.25, 0.3) is 5.91 Å². The van der Waals surface area contributed by atoms with E-state index in [1.54, 1.807) is 13.8 Å². The van der Waals surface area contributed by atoms with E-state index < -0.39 is 27.3 Å². The molecule has 1 amide bonds. The molecule has 2 rings (SSSR count). The molecular formula is C18H25NO5S. The maximum atomic E-state index is 12.8. The predicted molar refractivity (Wildman–Crippen MR) is 94.5 cm³/mol. The second-order valence-corrected chi connectivity index (χ2v) is 9.22. The molecule has 138 valence electrons. The van der Waals surface area contributed by atoms with E-state index in [1.165, 1.54) is 12.1 Å². The first-order chi connectivity index (χ1) is 11.5. The zero-order chi connectivity index (χ0) is 19.0. The van der Waals surface area contributed by atoms with Crippen LogP contribution in [0.4, 0.5) is 0 Å². The van der Waals surface area contributed by atoms with Gasteiger partial charge in [-0.15, -0.1) is 0 Å². The third kappa shape index (κ3) is 4.03. The zero-order valence-corrected chi connectivity index (χ0v) is 15.9. The third-order valence-corrected chi connectivity index (χ3v) is 6.30. The van der Waals surface area contributed by atoms with Crippen molar-refractivity contribution < 1.29 is 23.1 Å². The molecule has 2 N–H and O–H groups in total. The van der Waals surface area contributed by atoms with Gasteiger partial charge in [-0.25, -0.2) is 13.2 Å². The maximum absolute atomic E-state index is 12.8. The molecular weight excluding hydrogens is 342 g/mol. The van der Waals surface area contributed by atoms with E-state index >= 15 is 0 Å². The molecule has 0 spiro atoms. The minimum absolute atomic E-state index is 0.0578. The topological polar surface area (TPSA) is 101 Å². The summed E-state index contributed by atoms with van der Waals surface area (Å²) in [6, 6.07) is 2.85. The number of amides is 1. The SMILES string of the molecule is Cc1cc(S(C)(=O)=O)cc(C(=O)NC2(C(=O)O)CCC(C)CC2)c1C. The minimum Gasteiger partial charge on any atom is -0.480 e. The van der Waals surface area contributed by atoms with Crippen molar-refractivity contribution in [3.05, 3.63) is 28.8 Å². The van der Waals surface area contributed by atoms with Crippen molar-refractivity contribution >= 4 is 21.7 Å². The smallest absolute Gasteiger partial charge is 0.329 e. The Hall–Kier alpha value is -1.89. The molecule has 0 unspecified atom stereocenters. The summed E-state index contributed by atoms with van der Waals surface area (Å²) in [6.45, 7) is 5.53. The number of nitrogens with one attached hydrogen (secondary N) is 1. The van der Waals surface area contributed by atoms with Crippen LogP contribution in [-0.4, -0.2) is 37.2 Å². The number of carboxylic acid groups (broad SMARTS) is 1. The molecule has 1 aliphatic carbocycles. The van der Waals surface area contributed by atoms with Crippen molar-refractivity contribution in [3.63, 3.8) is 0 Å². The van der Waals surface area contributed by atoms with E-state index in [0.29, 0.717) is 29.9 Å². The van der Waals surface area contributed by atoms with Gasteiger partial charge < -0.3 is 10.4 Å². The number of hydrogen-bond donors (Lipinski definition) is 2. The number of aryl methyl sites for hydroxylation is 1. The lowest BCUT2D eigenvalue weighted by atomic mass is 9.77. The second-order valence-electron chi connectivity index (χ2n) is 7.21. The highest BCUT2D eigenvalue weighted by molar-refractivity contribution is 7.90. The Morgan fingerprint density at radius 2 is 1.76 bits per heavy atom. The standard InChI is InChI=1S/C18H25NO5S/c1-11-5-7-18(8-6-11,17(21)22)19-16(20)15-10-14(25(4,23)24)9-12(2)13(15)3/h9-11H,5-8H2,1-4H3,(H,19,20)(H,21,22). The maximum Gasteiger partial charge on any atom is 0.329 e. The molecule has 1 aromatic rings. The highest BCUT2D eigenvalue weighted by atomic mass is 32.2. The number of aliphatic carboxylic acids is 1. The van der Waals surface area contributed by atoms with Gasteiger partial charge in [-0.05, 0) is 68.7 Å². The summed E-state index contributed by atoms with van der Waals surface area (Å²) in [4.78, 5) is 24.7. The molecule has 0 bridgehead atoms. The summed E-state index contributed by atoms with van der Waals surface area (Å²) < 4.78 is 23.7. The molecule has 1 aromatic carbocycles. The van der Waals surface area contributed by atoms with E-state index in [-0.39, 0.29) is 10.5 Å². The lowest BCUT2D eigenvalue weighted by molar-refractivity contribution is -0.146. The number of sulfone groups is 1. The van der Waals surface area contributed by atoms with Gasteiger partial charge in [-0.2, -0.15) is 0 Å². The number of carbonyl (C=O) groups is 2. The van der Waals surface area contributed by atoms with Crippen LogP contribution in [0.25, 0.3) is 0 Å². The first kappa shape index (κ1) is 19.4. The van der Waals surface area contributed by atoms with E-state index in [2.05, 4.69) is 12.2 Å². The average Bonchev–Trinajstić information content (AvgIpc) is 2.50. The highest BCUT2D eigenvalue weighted by Crippen LogP contribution is 2.33. The predicted octanol–water partition coefficient (Wildman–Crippen LogP) is 2.47. The monoisotopic (exact) mass is 367 g/mol. The number of rotatable bonds is 4. The van der Waals surface area contributed by atoms with Gasteiger partial charge in [0.2, 0.25) is 0 Å². The van der Waals surface area contributed by atoms with Gasteiger partial charge in [-0.1, -0.05) is 6.92 Å². The van der Waals surface area contributed by atoms with Crippen LogP contribution in [0.1, 0.15) is 54.1 Å². The molecule has 0 aromatic heterocycles. The van der Waals surface area contributed by atoms with Crippen molar-refractivity contribution in [2.24, 2.45) is 5.92 Å². The van der Waals surface area contributed by atoms with Gasteiger partial charge in [0.15, 0.2) is 9.84 Å². The lowest BCUT2D eigenvalue weighted by Crippen LogP contribution is -2.56. The highest BCUT2D eigenvalue weighted by Gasteiger charge is 2.42. The Bertz CT molecular complexity index is 805. The van der Waals surface area contributed by atoms with Gasteiger partial charge >= 0.3 is 5.97 Å². The molecule has 0 aliphatic heterocycles. The number of carbonyl (C=O) groups excluding carboxylic acids is 1. The van der Waals surface area contributed by atoms with E-state index in [0.717, 1.165) is 19.1 Å². The minimum atomic E-state index is -3.47. The van der Waals surface area contributed by atoms with Gasteiger partial charge in [0, 0.05) is 11.8 Å². The van der Waals surface area contributed by atoms with E-state index in [9.17, 15) is 23.1 Å². The normalized spacial score (nSPS) is 23.9. The fourth-order valence-electron chi connectivity index (χ4n) is 3.21. The van der Waals surface area contributed by atoms with Crippen LogP contribution in [0.5, 0.6) is 0 Å². The van der Waals surface area contributed by atoms with Crippen LogP contribution in [0.2, 0.25) is 0 Å². The fourth-order valence-corrected chi connectivity index (χ4v) is 3.93. The Labute approximate surface area is 148 Å². The van der Waals surface area contributed by atoms with Crippen molar-refractivity contribution in [1.29, 1.82) is 0 Å². The average molecular weight is 367 g/mol. The van der Waals surface area contributed by atoms with E-state index in [4.69, 9.17) is 0 Å². The molecule has 1 saturated carbocycles. The van der Waals surface area contributed by atoms with Crippen molar-refractivity contribution in [3.8, 4) is 0 Å². The largest absolute Gasteiger partial charge is 0.480 e. The molecule has 0 atom stereocenters. The Morgan fingerprint density at radius 3 is 2.24 bits per heavy atom. The van der Waals surface area contributed by atoms with Gasteiger partial charge in [-0.3, -0.25) is 4.79 Å². The number of carboxylic acids is 1. The lowest BCUT2D eigenvalue weighted by Gasteiger charge is -2.36. The summed E-state index contributed by atoms with van der Waals surface area (Å²) in [5.41, 5.74) is 0.245. The summed E-state index contributed by atoms with van der Waals surface area (Å²) in [7, 11) is -3.47. The van der Waals surface area contributed by atoms with Crippen LogP contribution < -0.4 is 5.32 Å². The van der Waals surface area contributed by atoms with Crippen LogP contribution in [0.3, 0.4) is 0 Å². The quantitative estimate of drug-likeness (QED) is 0.851. The number of hydrogen-bond acceptors (Lipinski definition) is 4. The molecule has 0 saturated heterocycles. The first-order valence-corrected chi connectivity index (χ1v) is 10.2. The van der Waals surface area contributed by atoms with Crippen LogP contribution in [-0.2, 0) is 14.6 Å². The zero-order valence-electron chi connectivity index (χ0n) is 15.0. The Balaban J connectivity index is 2.40. The van der Waals surface area contributed by atoms with E-state index in [1.807, 2.05) is 0 Å². The molecule has 6 nitrogen and oxygen atoms in total. The van der Waals surface area contributed by atoms with Gasteiger partial charge in [0.1, 0.15) is 5.54 Å². The Morgan fingerprint density at radius 1 is 1.20 bits per heavy atom.